The molecule has 0 bridgehead atoms. The first kappa shape index (κ1) is 30.6. The van der Waals surface area contributed by atoms with E-state index in [4.69, 9.17) is 0 Å². The molecule has 2 aliphatic rings. The van der Waals surface area contributed by atoms with Gasteiger partial charge in [-0.2, -0.15) is 9.40 Å². The summed E-state index contributed by atoms with van der Waals surface area (Å²) in [4.78, 5) is 28.1. The van der Waals surface area contributed by atoms with Crippen molar-refractivity contribution in [2.75, 3.05) is 49.3 Å². The summed E-state index contributed by atoms with van der Waals surface area (Å²) in [7, 11) is -0.601. The molecule has 5 rings (SSSR count). The number of fused-ring (bicyclic) bond motifs is 1. The maximum atomic E-state index is 13.9. The van der Waals surface area contributed by atoms with Crippen LogP contribution in [0.3, 0.4) is 0 Å². The summed E-state index contributed by atoms with van der Waals surface area (Å²) in [5.41, 5.74) is 1.59. The highest BCUT2D eigenvalue weighted by Crippen LogP contribution is 2.38. The van der Waals surface area contributed by atoms with E-state index in [9.17, 15) is 26.8 Å². The summed E-state index contributed by atoms with van der Waals surface area (Å²) in [5.74, 6) is -2.87. The second kappa shape index (κ2) is 11.7. The number of hydrogen-bond donors (Lipinski definition) is 4. The van der Waals surface area contributed by atoms with Crippen molar-refractivity contribution < 1.29 is 26.8 Å². The smallest absolute Gasteiger partial charge is 0.258 e. The van der Waals surface area contributed by atoms with Crippen molar-refractivity contribution in [1.29, 1.82) is 0 Å². The number of H-pyrrole nitrogens is 1. The van der Waals surface area contributed by atoms with Gasteiger partial charge >= 0.3 is 0 Å². The van der Waals surface area contributed by atoms with Crippen molar-refractivity contribution in [3.63, 3.8) is 0 Å². The third kappa shape index (κ3) is 6.26. The van der Waals surface area contributed by atoms with Crippen LogP contribution in [0.15, 0.2) is 41.3 Å². The Hall–Kier alpha value is -3.88. The minimum absolute atomic E-state index is 0.00818. The second-order valence-corrected chi connectivity index (χ2v) is 13.7. The Morgan fingerprint density at radius 3 is 2.47 bits per heavy atom. The van der Waals surface area contributed by atoms with Gasteiger partial charge in [-0.05, 0) is 49.7 Å². The predicted octanol–water partition coefficient (Wildman–Crippen LogP) is 3.43. The topological polar surface area (TPSA) is 140 Å². The minimum Gasteiger partial charge on any atom is -0.378 e. The zero-order chi connectivity index (χ0) is 31.1. The lowest BCUT2D eigenvalue weighted by Crippen LogP contribution is -2.45. The predicted molar refractivity (Wildman–Crippen MR) is 159 cm³/mol. The fourth-order valence-electron chi connectivity index (χ4n) is 5.53. The number of amides is 2. The maximum Gasteiger partial charge on any atom is 0.258 e. The van der Waals surface area contributed by atoms with Gasteiger partial charge in [-0.15, -0.1) is 0 Å². The number of benzene rings is 2. The summed E-state index contributed by atoms with van der Waals surface area (Å²) < 4.78 is 55.8. The van der Waals surface area contributed by atoms with Gasteiger partial charge in [0.25, 0.3) is 5.91 Å². The molecule has 1 fully saturated rings. The molecule has 2 aliphatic heterocycles. The van der Waals surface area contributed by atoms with Gasteiger partial charge in [-0.3, -0.25) is 14.7 Å². The van der Waals surface area contributed by atoms with Crippen molar-refractivity contribution in [2.24, 2.45) is 5.92 Å². The van der Waals surface area contributed by atoms with Gasteiger partial charge in [0.1, 0.15) is 11.6 Å². The van der Waals surface area contributed by atoms with Crippen molar-refractivity contribution in [3.8, 4) is 0 Å². The standard InChI is InChI=1S/C29H35F2N7O4S/c1-29(2)16-38(43(41,42)21-11-18(30)10-19(31)12-21)15-23-25(29)35-36-26(23)34-28(40)22-8-7-20(37(3)4)13-24(22)33-27(39)17-6-5-9-32-14-17/h7-8,10-13,17,32H,5-6,9,14-16H2,1-4H3,(H,33,39)(H2,34,35,36,40). The minimum atomic E-state index is -4.30. The third-order valence-corrected chi connectivity index (χ3v) is 9.61. The number of piperidine rings is 1. The van der Waals surface area contributed by atoms with Crippen LogP contribution in [-0.2, 0) is 26.8 Å². The molecule has 3 heterocycles. The summed E-state index contributed by atoms with van der Waals surface area (Å²) >= 11 is 0. The number of carbonyl (C=O) groups excluding carboxylic acids is 2. The van der Waals surface area contributed by atoms with Crippen LogP contribution in [0.25, 0.3) is 0 Å². The highest BCUT2D eigenvalue weighted by Gasteiger charge is 2.41. The van der Waals surface area contributed by atoms with Gasteiger partial charge in [0.05, 0.1) is 22.1 Å². The van der Waals surface area contributed by atoms with E-state index in [0.29, 0.717) is 29.6 Å². The van der Waals surface area contributed by atoms with Crippen LogP contribution in [0.1, 0.15) is 48.3 Å². The Morgan fingerprint density at radius 1 is 1.09 bits per heavy atom. The summed E-state index contributed by atoms with van der Waals surface area (Å²) in [6, 6.07) is 7.23. The largest absolute Gasteiger partial charge is 0.378 e. The molecule has 1 unspecified atom stereocenters. The first-order valence-corrected chi connectivity index (χ1v) is 15.4. The van der Waals surface area contributed by atoms with Crippen molar-refractivity contribution in [2.45, 2.75) is 43.5 Å². The van der Waals surface area contributed by atoms with E-state index < -0.39 is 37.9 Å². The number of hydrogen-bond acceptors (Lipinski definition) is 7. The van der Waals surface area contributed by atoms with Gasteiger partial charge in [0.15, 0.2) is 5.82 Å². The van der Waals surface area contributed by atoms with E-state index in [1.807, 2.05) is 19.0 Å². The van der Waals surface area contributed by atoms with Crippen LogP contribution < -0.4 is 20.9 Å². The molecule has 1 saturated heterocycles. The lowest BCUT2D eigenvalue weighted by molar-refractivity contribution is -0.120. The van der Waals surface area contributed by atoms with E-state index in [-0.39, 0.29) is 36.3 Å². The Kier molecular flexibility index (Phi) is 8.29. The van der Waals surface area contributed by atoms with Gasteiger partial charge in [-0.1, -0.05) is 13.8 Å². The van der Waals surface area contributed by atoms with Crippen LogP contribution in [0.4, 0.5) is 26.0 Å². The molecule has 2 aromatic carbocycles. The summed E-state index contributed by atoms with van der Waals surface area (Å²) in [6.07, 6.45) is 1.62. The summed E-state index contributed by atoms with van der Waals surface area (Å²) in [5, 5.41) is 16.1. The van der Waals surface area contributed by atoms with Crippen molar-refractivity contribution in [3.05, 3.63) is 64.9 Å². The number of rotatable bonds is 7. The molecule has 4 N–H and O–H groups in total. The zero-order valence-corrected chi connectivity index (χ0v) is 25.2. The van der Waals surface area contributed by atoms with Gasteiger partial charge in [0, 0.05) is 62.2 Å². The molecule has 0 aliphatic carbocycles. The highest BCUT2D eigenvalue weighted by atomic mass is 32.2. The Bertz CT molecular complexity index is 1650. The van der Waals surface area contributed by atoms with Gasteiger partial charge < -0.3 is 20.9 Å². The Balaban J connectivity index is 1.44. The lowest BCUT2D eigenvalue weighted by Gasteiger charge is -2.36. The molecule has 43 heavy (non-hydrogen) atoms. The van der Waals surface area contributed by atoms with E-state index in [1.165, 1.54) is 0 Å². The summed E-state index contributed by atoms with van der Waals surface area (Å²) in [6.45, 7) is 4.83. The lowest BCUT2D eigenvalue weighted by atomic mass is 9.84. The molecule has 1 aromatic heterocycles. The van der Waals surface area contributed by atoms with E-state index in [2.05, 4.69) is 26.1 Å². The molecule has 2 amide bonds. The number of nitrogens with zero attached hydrogens (tertiary/aromatic N) is 3. The monoisotopic (exact) mass is 615 g/mol. The molecule has 1 atom stereocenters. The SMILES string of the molecule is CN(C)c1ccc(C(=O)Nc2n[nH]c3c2CN(S(=O)(=O)c2cc(F)cc(F)c2)CC3(C)C)c(NC(=O)C2CCCNC2)c1. The van der Waals surface area contributed by atoms with Crippen LogP contribution in [0.2, 0.25) is 0 Å². The van der Waals surface area contributed by atoms with E-state index in [0.717, 1.165) is 41.5 Å². The molecule has 230 valence electrons. The quantitative estimate of drug-likeness (QED) is 0.319. The molecule has 0 spiro atoms. The first-order valence-electron chi connectivity index (χ1n) is 13.9. The highest BCUT2D eigenvalue weighted by molar-refractivity contribution is 7.89. The van der Waals surface area contributed by atoms with Crippen molar-refractivity contribution in [1.82, 2.24) is 19.8 Å². The molecular weight excluding hydrogens is 580 g/mol. The second-order valence-electron chi connectivity index (χ2n) is 11.8. The number of aromatic amines is 1. The van der Waals surface area contributed by atoms with Crippen molar-refractivity contribution >= 4 is 39.0 Å². The molecule has 0 radical (unpaired) electrons. The molecule has 14 heteroatoms. The number of anilines is 3. The number of aromatic nitrogens is 2. The Morgan fingerprint density at radius 2 is 1.81 bits per heavy atom. The molecule has 11 nitrogen and oxygen atoms in total. The van der Waals surface area contributed by atoms with Crippen LogP contribution in [-0.4, -0.2) is 68.5 Å². The average molecular weight is 616 g/mol. The van der Waals surface area contributed by atoms with Crippen LogP contribution in [0, 0.1) is 17.6 Å². The van der Waals surface area contributed by atoms with Gasteiger partial charge in [-0.25, -0.2) is 17.2 Å². The van der Waals surface area contributed by atoms with Gasteiger partial charge in [0.2, 0.25) is 15.9 Å². The number of nitrogens with one attached hydrogen (secondary N) is 4. The number of sulfonamides is 1. The third-order valence-electron chi connectivity index (χ3n) is 7.85. The average Bonchev–Trinajstić information content (AvgIpc) is 3.36. The van der Waals surface area contributed by atoms with Crippen LogP contribution >= 0.6 is 0 Å². The molecular formula is C29H35F2N7O4S. The maximum absolute atomic E-state index is 13.9. The number of carbonyl (C=O) groups is 2. The van der Waals surface area contributed by atoms with E-state index in [1.54, 1.807) is 32.0 Å². The Labute approximate surface area is 249 Å². The molecule has 0 saturated carbocycles. The van der Waals surface area contributed by atoms with Crippen LogP contribution in [0.5, 0.6) is 0 Å². The fraction of sp³-hybridized carbons (Fsp3) is 0.414. The fourth-order valence-corrected chi connectivity index (χ4v) is 7.14. The van der Waals surface area contributed by atoms with E-state index >= 15 is 0 Å². The number of halogens is 2. The molecule has 3 aromatic rings. The zero-order valence-electron chi connectivity index (χ0n) is 24.4. The first-order chi connectivity index (χ1) is 20.3. The normalized spacial score (nSPS) is 18.5.